The van der Waals surface area contributed by atoms with E-state index in [1.54, 1.807) is 11.0 Å². The van der Waals surface area contributed by atoms with Gasteiger partial charge in [0.1, 0.15) is 0 Å². The molecule has 2 amide bonds. The summed E-state index contributed by atoms with van der Waals surface area (Å²) in [5.41, 5.74) is 0.153. The van der Waals surface area contributed by atoms with Crippen molar-refractivity contribution in [3.63, 3.8) is 0 Å². The number of hydrogen-bond donors (Lipinski definition) is 1. The Morgan fingerprint density at radius 1 is 1.08 bits per heavy atom. The van der Waals surface area contributed by atoms with Crippen LogP contribution < -0.4 is 5.32 Å². The highest BCUT2D eigenvalue weighted by Crippen LogP contribution is 2.13. The second kappa shape index (κ2) is 8.37. The fraction of sp³-hybridized carbons (Fsp3) is 0.333. The van der Waals surface area contributed by atoms with Crippen LogP contribution in [0.15, 0.2) is 35.7 Å². The molecule has 1 N–H and O–H groups in total. The summed E-state index contributed by atoms with van der Waals surface area (Å²) in [7, 11) is 0. The van der Waals surface area contributed by atoms with Crippen LogP contribution in [0.4, 0.5) is 8.78 Å². The normalized spacial score (nSPS) is 15.1. The molecule has 0 unspecified atom stereocenters. The lowest BCUT2D eigenvalue weighted by molar-refractivity contribution is 0.0637. The molecule has 0 radical (unpaired) electrons. The van der Waals surface area contributed by atoms with E-state index in [9.17, 15) is 18.4 Å². The zero-order chi connectivity index (χ0) is 18.5. The van der Waals surface area contributed by atoms with E-state index < -0.39 is 11.6 Å². The van der Waals surface area contributed by atoms with Gasteiger partial charge in [0.15, 0.2) is 11.6 Å². The van der Waals surface area contributed by atoms with Gasteiger partial charge >= 0.3 is 0 Å². The number of thiophene rings is 1. The van der Waals surface area contributed by atoms with Crippen molar-refractivity contribution in [3.8, 4) is 0 Å². The Balaban J connectivity index is 1.43. The summed E-state index contributed by atoms with van der Waals surface area (Å²) in [4.78, 5) is 28.7. The lowest BCUT2D eigenvalue weighted by Crippen LogP contribution is -2.50. The predicted octanol–water partition coefficient (Wildman–Crippen LogP) is 2.21. The number of carbonyl (C=O) groups excluding carboxylic acids is 2. The summed E-state index contributed by atoms with van der Waals surface area (Å²) in [6.45, 7) is 3.60. The van der Waals surface area contributed by atoms with Crippen LogP contribution in [0.3, 0.4) is 0 Å². The van der Waals surface area contributed by atoms with E-state index in [2.05, 4.69) is 10.2 Å². The third-order valence-corrected chi connectivity index (χ3v) is 5.15. The quantitative estimate of drug-likeness (QED) is 0.867. The van der Waals surface area contributed by atoms with E-state index in [4.69, 9.17) is 0 Å². The minimum absolute atomic E-state index is 0.0767. The largest absolute Gasteiger partial charge is 0.350 e. The van der Waals surface area contributed by atoms with Crippen molar-refractivity contribution in [3.05, 3.63) is 57.8 Å². The van der Waals surface area contributed by atoms with Crippen LogP contribution in [0.1, 0.15) is 20.0 Å². The number of rotatable bonds is 5. The lowest BCUT2D eigenvalue weighted by atomic mass is 10.1. The molecule has 1 fully saturated rings. The Morgan fingerprint density at radius 3 is 2.50 bits per heavy atom. The summed E-state index contributed by atoms with van der Waals surface area (Å²) < 4.78 is 26.3. The van der Waals surface area contributed by atoms with Gasteiger partial charge in [0.05, 0.1) is 4.88 Å². The molecule has 0 bridgehead atoms. The van der Waals surface area contributed by atoms with Gasteiger partial charge in [-0.15, -0.1) is 11.3 Å². The molecule has 0 aliphatic carbocycles. The molecule has 0 saturated carbocycles. The molecule has 0 spiro atoms. The second-order valence-corrected chi connectivity index (χ2v) is 6.94. The van der Waals surface area contributed by atoms with E-state index in [-0.39, 0.29) is 17.4 Å². The topological polar surface area (TPSA) is 52.7 Å². The highest BCUT2D eigenvalue weighted by Gasteiger charge is 2.22. The van der Waals surface area contributed by atoms with Gasteiger partial charge in [-0.1, -0.05) is 6.07 Å². The molecule has 2 aromatic rings. The van der Waals surface area contributed by atoms with Crippen LogP contribution in [0, 0.1) is 11.6 Å². The summed E-state index contributed by atoms with van der Waals surface area (Å²) in [6, 6.07) is 6.82. The molecule has 138 valence electrons. The van der Waals surface area contributed by atoms with E-state index in [0.29, 0.717) is 44.1 Å². The van der Waals surface area contributed by atoms with Gasteiger partial charge in [0.2, 0.25) is 0 Å². The molecule has 26 heavy (non-hydrogen) atoms. The van der Waals surface area contributed by atoms with Crippen molar-refractivity contribution >= 4 is 23.2 Å². The van der Waals surface area contributed by atoms with E-state index in [1.807, 2.05) is 11.4 Å². The number of halogens is 2. The smallest absolute Gasteiger partial charge is 0.261 e. The molecule has 1 aliphatic rings. The first-order chi connectivity index (χ1) is 12.5. The molecule has 5 nitrogen and oxygen atoms in total. The maximum Gasteiger partial charge on any atom is 0.261 e. The molecule has 1 saturated heterocycles. The maximum absolute atomic E-state index is 13.3. The van der Waals surface area contributed by atoms with E-state index >= 15 is 0 Å². The van der Waals surface area contributed by atoms with Crippen LogP contribution in [0.25, 0.3) is 0 Å². The highest BCUT2D eigenvalue weighted by molar-refractivity contribution is 7.12. The van der Waals surface area contributed by atoms with Gasteiger partial charge in [-0.25, -0.2) is 8.78 Å². The van der Waals surface area contributed by atoms with Gasteiger partial charge in [-0.2, -0.15) is 0 Å². The zero-order valence-corrected chi connectivity index (χ0v) is 14.9. The summed E-state index contributed by atoms with van der Waals surface area (Å²) in [5, 5.41) is 4.74. The number of benzene rings is 1. The van der Waals surface area contributed by atoms with Crippen molar-refractivity contribution in [1.82, 2.24) is 15.1 Å². The molecule has 8 heteroatoms. The Morgan fingerprint density at radius 2 is 1.85 bits per heavy atom. The Labute approximate surface area is 154 Å². The van der Waals surface area contributed by atoms with E-state index in [0.717, 1.165) is 12.1 Å². The summed E-state index contributed by atoms with van der Waals surface area (Å²) in [5.74, 6) is -2.35. The third kappa shape index (κ3) is 4.44. The van der Waals surface area contributed by atoms with Crippen molar-refractivity contribution in [2.24, 2.45) is 0 Å². The van der Waals surface area contributed by atoms with Crippen LogP contribution >= 0.6 is 11.3 Å². The highest BCUT2D eigenvalue weighted by atomic mass is 32.1. The molecule has 1 aliphatic heterocycles. The number of piperazine rings is 1. The molecule has 1 aromatic heterocycles. The Kier molecular flexibility index (Phi) is 5.95. The second-order valence-electron chi connectivity index (χ2n) is 6.00. The van der Waals surface area contributed by atoms with Gasteiger partial charge in [-0.3, -0.25) is 14.5 Å². The van der Waals surface area contributed by atoms with Gasteiger partial charge in [0, 0.05) is 44.8 Å². The average molecular weight is 379 g/mol. The molecular formula is C18H19F2N3O2S. The van der Waals surface area contributed by atoms with Crippen molar-refractivity contribution in [1.29, 1.82) is 0 Å². The Hall–Kier alpha value is -2.32. The summed E-state index contributed by atoms with van der Waals surface area (Å²) >= 11 is 1.40. The predicted molar refractivity (Wildman–Crippen MR) is 95.4 cm³/mol. The van der Waals surface area contributed by atoms with Crippen molar-refractivity contribution < 1.29 is 18.4 Å². The van der Waals surface area contributed by atoms with Crippen LogP contribution in [0.2, 0.25) is 0 Å². The van der Waals surface area contributed by atoms with Crippen molar-refractivity contribution in [2.75, 3.05) is 39.3 Å². The first kappa shape index (κ1) is 18.5. The number of hydrogen-bond acceptors (Lipinski definition) is 4. The van der Waals surface area contributed by atoms with Gasteiger partial charge in [0.25, 0.3) is 11.8 Å². The first-order valence-electron chi connectivity index (χ1n) is 8.33. The fourth-order valence-electron chi connectivity index (χ4n) is 2.81. The van der Waals surface area contributed by atoms with Gasteiger partial charge < -0.3 is 10.2 Å². The average Bonchev–Trinajstić information content (AvgIpc) is 3.19. The lowest BCUT2D eigenvalue weighted by Gasteiger charge is -2.34. The van der Waals surface area contributed by atoms with Crippen LogP contribution in [-0.2, 0) is 0 Å². The minimum Gasteiger partial charge on any atom is -0.350 e. The Bertz CT molecular complexity index is 775. The van der Waals surface area contributed by atoms with Gasteiger partial charge in [-0.05, 0) is 29.6 Å². The first-order valence-corrected chi connectivity index (χ1v) is 9.21. The van der Waals surface area contributed by atoms with Crippen LogP contribution in [-0.4, -0.2) is 60.9 Å². The zero-order valence-electron chi connectivity index (χ0n) is 14.1. The number of amides is 2. The number of carbonyl (C=O) groups is 2. The molecule has 0 atom stereocenters. The maximum atomic E-state index is 13.3. The molecule has 2 heterocycles. The molecule has 1 aromatic carbocycles. The SMILES string of the molecule is O=C(NCCN1CCN(C(=O)c2ccc(F)c(F)c2)CC1)c1cccs1. The standard InChI is InChI=1S/C18H19F2N3O2S/c19-14-4-3-13(12-15(14)20)18(25)23-9-7-22(8-10-23)6-5-21-17(24)16-2-1-11-26-16/h1-4,11-12H,5-10H2,(H,21,24). The molecular weight excluding hydrogens is 360 g/mol. The third-order valence-electron chi connectivity index (χ3n) is 4.28. The monoisotopic (exact) mass is 379 g/mol. The van der Waals surface area contributed by atoms with Crippen LogP contribution in [0.5, 0.6) is 0 Å². The number of nitrogens with one attached hydrogen (secondary N) is 1. The van der Waals surface area contributed by atoms with E-state index in [1.165, 1.54) is 17.4 Å². The number of nitrogens with zero attached hydrogens (tertiary/aromatic N) is 2. The fourth-order valence-corrected chi connectivity index (χ4v) is 3.45. The van der Waals surface area contributed by atoms with Crippen molar-refractivity contribution in [2.45, 2.75) is 0 Å². The summed E-state index contributed by atoms with van der Waals surface area (Å²) in [6.07, 6.45) is 0. The molecule has 3 rings (SSSR count). The minimum atomic E-state index is -1.02.